The van der Waals surface area contributed by atoms with Crippen LogP contribution in [0.3, 0.4) is 0 Å². The summed E-state index contributed by atoms with van der Waals surface area (Å²) in [6.07, 6.45) is 0.658. The van der Waals surface area contributed by atoms with E-state index >= 15 is 0 Å². The number of rotatable bonds is 7. The van der Waals surface area contributed by atoms with Crippen LogP contribution in [0, 0.1) is 0 Å². The SMILES string of the molecule is COc1ccc(C2NC(=O)N(C)C3=C2C(=O)N(CCc2ccc(OC)c(OC)c2)C3)cc1. The second-order valence-electron chi connectivity index (χ2n) is 7.74. The van der Waals surface area contributed by atoms with Crippen LogP contribution in [-0.4, -0.2) is 63.2 Å². The molecule has 32 heavy (non-hydrogen) atoms. The first-order valence-corrected chi connectivity index (χ1v) is 10.4. The molecule has 0 bridgehead atoms. The number of hydrogen-bond acceptors (Lipinski definition) is 5. The number of carbonyl (C=O) groups is 2. The molecule has 0 aromatic heterocycles. The number of urea groups is 1. The van der Waals surface area contributed by atoms with E-state index in [-0.39, 0.29) is 11.9 Å². The lowest BCUT2D eigenvalue weighted by Crippen LogP contribution is -2.45. The van der Waals surface area contributed by atoms with Gasteiger partial charge in [0.2, 0.25) is 0 Å². The van der Waals surface area contributed by atoms with E-state index in [9.17, 15) is 9.59 Å². The molecule has 0 saturated heterocycles. The fourth-order valence-electron chi connectivity index (χ4n) is 4.15. The Balaban J connectivity index is 1.54. The third kappa shape index (κ3) is 3.84. The molecule has 8 heteroatoms. The van der Waals surface area contributed by atoms with Crippen molar-refractivity contribution in [3.63, 3.8) is 0 Å². The lowest BCUT2D eigenvalue weighted by Gasteiger charge is -2.31. The monoisotopic (exact) mass is 437 g/mol. The molecule has 0 aliphatic carbocycles. The summed E-state index contributed by atoms with van der Waals surface area (Å²) in [4.78, 5) is 29.2. The first-order valence-electron chi connectivity index (χ1n) is 10.4. The van der Waals surface area contributed by atoms with Crippen molar-refractivity contribution >= 4 is 11.9 Å². The van der Waals surface area contributed by atoms with Gasteiger partial charge in [-0.3, -0.25) is 9.69 Å². The van der Waals surface area contributed by atoms with Gasteiger partial charge in [-0.25, -0.2) is 4.79 Å². The van der Waals surface area contributed by atoms with Gasteiger partial charge in [-0.1, -0.05) is 18.2 Å². The number of hydrogen-bond donors (Lipinski definition) is 1. The molecule has 0 spiro atoms. The van der Waals surface area contributed by atoms with Crippen LogP contribution in [0.5, 0.6) is 17.2 Å². The Hall–Kier alpha value is -3.68. The van der Waals surface area contributed by atoms with Gasteiger partial charge in [0.25, 0.3) is 5.91 Å². The van der Waals surface area contributed by atoms with E-state index in [1.165, 1.54) is 4.90 Å². The van der Waals surface area contributed by atoms with Crippen molar-refractivity contribution in [3.8, 4) is 17.2 Å². The molecule has 1 N–H and O–H groups in total. The molecular weight excluding hydrogens is 410 g/mol. The normalized spacial score (nSPS) is 17.9. The number of carbonyl (C=O) groups excluding carboxylic acids is 2. The summed E-state index contributed by atoms with van der Waals surface area (Å²) in [5.41, 5.74) is 3.24. The summed E-state index contributed by atoms with van der Waals surface area (Å²) >= 11 is 0. The van der Waals surface area contributed by atoms with E-state index in [0.29, 0.717) is 36.6 Å². The van der Waals surface area contributed by atoms with Crippen LogP contribution in [-0.2, 0) is 11.2 Å². The number of amides is 3. The lowest BCUT2D eigenvalue weighted by atomic mass is 9.95. The molecule has 0 saturated carbocycles. The molecule has 2 aromatic carbocycles. The molecule has 1 unspecified atom stereocenters. The molecule has 4 rings (SSSR count). The Labute approximate surface area is 187 Å². The van der Waals surface area contributed by atoms with Crippen LogP contribution in [0.1, 0.15) is 17.2 Å². The molecule has 2 aliphatic rings. The largest absolute Gasteiger partial charge is 0.497 e. The number of nitrogens with zero attached hydrogens (tertiary/aromatic N) is 2. The zero-order valence-electron chi connectivity index (χ0n) is 18.7. The molecular formula is C24H27N3O5. The Bertz CT molecular complexity index is 1060. The maximum absolute atomic E-state index is 13.4. The van der Waals surface area contributed by atoms with Crippen molar-refractivity contribution in [2.45, 2.75) is 12.5 Å². The van der Waals surface area contributed by atoms with Crippen LogP contribution in [0.4, 0.5) is 4.79 Å². The van der Waals surface area contributed by atoms with Gasteiger partial charge in [0.15, 0.2) is 11.5 Å². The Kier molecular flexibility index (Phi) is 5.94. The third-order valence-electron chi connectivity index (χ3n) is 6.00. The standard InChI is InChI=1S/C24H27N3O5/c1-26-18-14-27(12-11-15-5-10-19(31-3)20(13-15)32-4)23(28)21(18)22(25-24(26)29)16-6-8-17(30-2)9-7-16/h5-10,13,22H,11-12,14H2,1-4H3,(H,25,29). The topological polar surface area (TPSA) is 80.3 Å². The van der Waals surface area contributed by atoms with Gasteiger partial charge in [-0.2, -0.15) is 0 Å². The summed E-state index contributed by atoms with van der Waals surface area (Å²) in [7, 11) is 6.49. The Morgan fingerprint density at radius 3 is 2.34 bits per heavy atom. The number of ether oxygens (including phenoxy) is 3. The molecule has 1 atom stereocenters. The van der Waals surface area contributed by atoms with E-state index in [0.717, 1.165) is 22.6 Å². The first kappa shape index (κ1) is 21.5. The van der Waals surface area contributed by atoms with Crippen molar-refractivity contribution in [2.24, 2.45) is 0 Å². The van der Waals surface area contributed by atoms with Gasteiger partial charge in [-0.05, 0) is 41.8 Å². The zero-order chi connectivity index (χ0) is 22.8. The summed E-state index contributed by atoms with van der Waals surface area (Å²) in [6.45, 7) is 0.927. The van der Waals surface area contributed by atoms with Crippen LogP contribution >= 0.6 is 0 Å². The highest BCUT2D eigenvalue weighted by molar-refractivity contribution is 6.01. The van der Waals surface area contributed by atoms with Crippen LogP contribution in [0.25, 0.3) is 0 Å². The average molecular weight is 437 g/mol. The summed E-state index contributed by atoms with van der Waals surface area (Å²) < 4.78 is 15.9. The van der Waals surface area contributed by atoms with E-state index in [1.807, 2.05) is 42.5 Å². The number of methoxy groups -OCH3 is 3. The van der Waals surface area contributed by atoms with Crippen LogP contribution in [0.2, 0.25) is 0 Å². The lowest BCUT2D eigenvalue weighted by molar-refractivity contribution is -0.125. The number of nitrogens with one attached hydrogen (secondary N) is 1. The Morgan fingerprint density at radius 2 is 1.69 bits per heavy atom. The summed E-state index contributed by atoms with van der Waals surface area (Å²) in [5, 5.41) is 2.95. The highest BCUT2D eigenvalue weighted by Gasteiger charge is 2.42. The van der Waals surface area contributed by atoms with Crippen molar-refractivity contribution < 1.29 is 23.8 Å². The van der Waals surface area contributed by atoms with Crippen molar-refractivity contribution in [2.75, 3.05) is 41.5 Å². The number of likely N-dealkylation sites (N-methyl/N-ethyl adjacent to an activating group) is 1. The molecule has 168 valence electrons. The minimum atomic E-state index is -0.488. The fraction of sp³-hybridized carbons (Fsp3) is 0.333. The summed E-state index contributed by atoms with van der Waals surface area (Å²) in [6, 6.07) is 12.4. The third-order valence-corrected chi connectivity index (χ3v) is 6.00. The maximum Gasteiger partial charge on any atom is 0.322 e. The molecule has 2 aliphatic heterocycles. The Morgan fingerprint density at radius 1 is 0.969 bits per heavy atom. The second-order valence-corrected chi connectivity index (χ2v) is 7.74. The van der Waals surface area contributed by atoms with E-state index < -0.39 is 6.04 Å². The van der Waals surface area contributed by atoms with Gasteiger partial charge in [-0.15, -0.1) is 0 Å². The molecule has 8 nitrogen and oxygen atoms in total. The van der Waals surface area contributed by atoms with Crippen LogP contribution < -0.4 is 19.5 Å². The predicted octanol–water partition coefficient (Wildman–Crippen LogP) is 2.75. The molecule has 2 aromatic rings. The summed E-state index contributed by atoms with van der Waals surface area (Å²) in [5.74, 6) is 1.98. The highest BCUT2D eigenvalue weighted by Crippen LogP contribution is 2.36. The van der Waals surface area contributed by atoms with Gasteiger partial charge in [0, 0.05) is 13.6 Å². The van der Waals surface area contributed by atoms with Gasteiger partial charge < -0.3 is 24.4 Å². The zero-order valence-corrected chi connectivity index (χ0v) is 18.7. The van der Waals surface area contributed by atoms with Gasteiger partial charge in [0.1, 0.15) is 5.75 Å². The average Bonchev–Trinajstić information content (AvgIpc) is 3.16. The maximum atomic E-state index is 13.4. The van der Waals surface area contributed by atoms with E-state index in [2.05, 4.69) is 5.32 Å². The molecule has 0 radical (unpaired) electrons. The minimum absolute atomic E-state index is 0.0619. The highest BCUT2D eigenvalue weighted by atomic mass is 16.5. The molecule has 0 fully saturated rings. The smallest absolute Gasteiger partial charge is 0.322 e. The second kappa shape index (κ2) is 8.82. The quantitative estimate of drug-likeness (QED) is 0.721. The van der Waals surface area contributed by atoms with E-state index in [4.69, 9.17) is 14.2 Å². The van der Waals surface area contributed by atoms with Crippen LogP contribution in [0.15, 0.2) is 53.7 Å². The van der Waals surface area contributed by atoms with Crippen molar-refractivity contribution in [3.05, 3.63) is 64.9 Å². The molecule has 3 amide bonds. The minimum Gasteiger partial charge on any atom is -0.497 e. The molecule has 2 heterocycles. The fourth-order valence-corrected chi connectivity index (χ4v) is 4.15. The van der Waals surface area contributed by atoms with Crippen molar-refractivity contribution in [1.29, 1.82) is 0 Å². The number of benzene rings is 2. The predicted molar refractivity (Wildman–Crippen MR) is 119 cm³/mol. The van der Waals surface area contributed by atoms with Gasteiger partial charge >= 0.3 is 6.03 Å². The van der Waals surface area contributed by atoms with Crippen molar-refractivity contribution in [1.82, 2.24) is 15.1 Å². The van der Waals surface area contributed by atoms with E-state index in [1.54, 1.807) is 33.3 Å². The van der Waals surface area contributed by atoms with Gasteiger partial charge in [0.05, 0.1) is 45.2 Å². The first-order chi connectivity index (χ1) is 15.5.